The summed E-state index contributed by atoms with van der Waals surface area (Å²) < 4.78 is 32.9. The van der Waals surface area contributed by atoms with Crippen molar-refractivity contribution < 1.29 is 33.2 Å². The summed E-state index contributed by atoms with van der Waals surface area (Å²) in [6.45, 7) is 13.5. The largest absolute Gasteiger partial charge is 0.509 e. The molecule has 0 aromatic heterocycles. The van der Waals surface area contributed by atoms with Crippen LogP contribution in [0.5, 0.6) is 11.5 Å². The molecule has 0 bridgehead atoms. The topological polar surface area (TPSA) is 72.5 Å². The summed E-state index contributed by atoms with van der Waals surface area (Å²) in [4.78, 5) is 12.5. The number of ether oxygens (including phenoxy) is 6. The molecule has 0 saturated carbocycles. The van der Waals surface area contributed by atoms with Crippen LogP contribution in [0.2, 0.25) is 0 Å². The van der Waals surface area contributed by atoms with Gasteiger partial charge in [0.2, 0.25) is 0 Å². The van der Waals surface area contributed by atoms with E-state index in [4.69, 9.17) is 28.4 Å². The van der Waals surface area contributed by atoms with Crippen molar-refractivity contribution in [1.82, 2.24) is 0 Å². The van der Waals surface area contributed by atoms with Crippen molar-refractivity contribution in [3.8, 4) is 11.5 Å². The minimum absolute atomic E-state index is 0.0579. The summed E-state index contributed by atoms with van der Waals surface area (Å²) in [7, 11) is 3.07. The fourth-order valence-electron chi connectivity index (χ4n) is 3.38. The van der Waals surface area contributed by atoms with Crippen LogP contribution in [-0.2, 0) is 29.8 Å². The molecule has 0 aliphatic heterocycles. The lowest BCUT2D eigenvalue weighted by Crippen LogP contribution is -2.34. The monoisotopic (exact) mass is 502 g/mol. The van der Waals surface area contributed by atoms with Gasteiger partial charge >= 0.3 is 6.16 Å². The molecule has 0 saturated heterocycles. The van der Waals surface area contributed by atoms with E-state index in [1.807, 2.05) is 48.5 Å². The second-order valence-corrected chi connectivity index (χ2v) is 10.8. The van der Waals surface area contributed by atoms with Gasteiger partial charge in [-0.3, -0.25) is 0 Å². The maximum absolute atomic E-state index is 12.5. The number of benzene rings is 2. The molecule has 7 heteroatoms. The molecular weight excluding hydrogens is 460 g/mol. The number of methoxy groups -OCH3 is 2. The zero-order valence-electron chi connectivity index (χ0n) is 23.0. The van der Waals surface area contributed by atoms with Crippen molar-refractivity contribution in [2.75, 3.05) is 40.6 Å². The molecule has 36 heavy (non-hydrogen) atoms. The van der Waals surface area contributed by atoms with Crippen molar-refractivity contribution in [3.63, 3.8) is 0 Å². The molecule has 0 fully saturated rings. The number of rotatable bonds is 12. The molecule has 0 radical (unpaired) electrons. The van der Waals surface area contributed by atoms with Gasteiger partial charge in [-0.1, -0.05) is 65.8 Å². The second-order valence-electron chi connectivity index (χ2n) is 10.8. The van der Waals surface area contributed by atoms with Gasteiger partial charge < -0.3 is 28.4 Å². The Labute approximate surface area is 216 Å². The predicted molar refractivity (Wildman–Crippen MR) is 140 cm³/mol. The van der Waals surface area contributed by atoms with Gasteiger partial charge in [-0.25, -0.2) is 4.79 Å². The Morgan fingerprint density at radius 2 is 0.944 bits per heavy atom. The van der Waals surface area contributed by atoms with E-state index in [2.05, 4.69) is 41.5 Å². The normalized spacial score (nSPS) is 13.6. The summed E-state index contributed by atoms with van der Waals surface area (Å²) in [6, 6.07) is 15.7. The Kier molecular flexibility index (Phi) is 11.1. The van der Waals surface area contributed by atoms with E-state index in [-0.39, 0.29) is 37.3 Å². The fraction of sp³-hybridized carbons (Fsp3) is 0.552. The first-order valence-corrected chi connectivity index (χ1v) is 12.2. The first-order valence-electron chi connectivity index (χ1n) is 12.2. The molecule has 0 heterocycles. The van der Waals surface area contributed by atoms with Gasteiger partial charge in [0.15, 0.2) is 12.2 Å². The highest BCUT2D eigenvalue weighted by atomic mass is 16.7. The van der Waals surface area contributed by atoms with Crippen LogP contribution >= 0.6 is 0 Å². The summed E-state index contributed by atoms with van der Waals surface area (Å²) >= 11 is 0. The van der Waals surface area contributed by atoms with E-state index in [9.17, 15) is 4.79 Å². The minimum Gasteiger partial charge on any atom is -0.490 e. The Bertz CT molecular complexity index is 833. The van der Waals surface area contributed by atoms with Gasteiger partial charge in [0.25, 0.3) is 0 Å². The molecule has 200 valence electrons. The van der Waals surface area contributed by atoms with Crippen LogP contribution < -0.4 is 9.47 Å². The van der Waals surface area contributed by atoms with Crippen molar-refractivity contribution in [3.05, 3.63) is 59.7 Å². The molecule has 0 N–H and O–H groups in total. The third kappa shape index (κ3) is 10.1. The molecule has 2 aromatic carbocycles. The Hall–Kier alpha value is -2.77. The van der Waals surface area contributed by atoms with Crippen molar-refractivity contribution in [1.29, 1.82) is 0 Å². The zero-order valence-corrected chi connectivity index (χ0v) is 23.0. The van der Waals surface area contributed by atoms with Gasteiger partial charge in [0.1, 0.15) is 24.7 Å². The molecule has 2 unspecified atom stereocenters. The Morgan fingerprint density at radius 1 is 0.611 bits per heavy atom. The quantitative estimate of drug-likeness (QED) is 0.334. The number of hydrogen-bond donors (Lipinski definition) is 0. The van der Waals surface area contributed by atoms with Crippen molar-refractivity contribution >= 4 is 6.16 Å². The van der Waals surface area contributed by atoms with Crippen LogP contribution in [0.4, 0.5) is 4.79 Å². The standard InChI is InChI=1S/C29H42O7/c1-28(2,3)21-9-13-23(14-10-21)33-19-25(17-31-7)35-27(30)36-26(18-32-8)20-34-24-15-11-22(12-16-24)29(4,5)6/h9-16,25-26H,17-20H2,1-8H3. The predicted octanol–water partition coefficient (Wildman–Crippen LogP) is 5.92. The molecule has 0 amide bonds. The highest BCUT2D eigenvalue weighted by Crippen LogP contribution is 2.25. The lowest BCUT2D eigenvalue weighted by Gasteiger charge is -2.22. The zero-order chi connectivity index (χ0) is 26.8. The van der Waals surface area contributed by atoms with Gasteiger partial charge in [-0.2, -0.15) is 0 Å². The van der Waals surface area contributed by atoms with E-state index < -0.39 is 18.4 Å². The molecule has 2 atom stereocenters. The smallest absolute Gasteiger partial charge is 0.490 e. The lowest BCUT2D eigenvalue weighted by molar-refractivity contribution is -0.0568. The van der Waals surface area contributed by atoms with Crippen LogP contribution in [0.25, 0.3) is 0 Å². The van der Waals surface area contributed by atoms with E-state index >= 15 is 0 Å². The van der Waals surface area contributed by atoms with E-state index in [1.54, 1.807) is 0 Å². The first-order chi connectivity index (χ1) is 16.9. The lowest BCUT2D eigenvalue weighted by atomic mass is 9.87. The van der Waals surface area contributed by atoms with Crippen molar-refractivity contribution in [2.45, 2.75) is 64.6 Å². The summed E-state index contributed by atoms with van der Waals surface area (Å²) in [5.74, 6) is 1.37. The Morgan fingerprint density at radius 3 is 1.22 bits per heavy atom. The number of hydrogen-bond acceptors (Lipinski definition) is 7. The third-order valence-corrected chi connectivity index (χ3v) is 5.54. The molecule has 0 spiro atoms. The fourth-order valence-corrected chi connectivity index (χ4v) is 3.38. The van der Waals surface area contributed by atoms with E-state index in [0.717, 1.165) is 0 Å². The molecular formula is C29H42O7. The van der Waals surface area contributed by atoms with Gasteiger partial charge in [0.05, 0.1) is 13.2 Å². The summed E-state index contributed by atoms with van der Waals surface area (Å²) in [6.07, 6.45) is -2.12. The van der Waals surface area contributed by atoms with Gasteiger partial charge in [-0.05, 0) is 46.2 Å². The molecule has 7 nitrogen and oxygen atoms in total. The van der Waals surface area contributed by atoms with E-state index in [0.29, 0.717) is 11.5 Å². The summed E-state index contributed by atoms with van der Waals surface area (Å²) in [5, 5.41) is 0. The van der Waals surface area contributed by atoms with Gasteiger partial charge in [0, 0.05) is 14.2 Å². The maximum atomic E-state index is 12.5. The van der Waals surface area contributed by atoms with Crippen LogP contribution in [0.15, 0.2) is 48.5 Å². The molecule has 0 aliphatic carbocycles. The minimum atomic E-state index is -0.836. The van der Waals surface area contributed by atoms with Gasteiger partial charge in [-0.15, -0.1) is 0 Å². The molecule has 2 aromatic rings. The van der Waals surface area contributed by atoms with Crippen LogP contribution in [0, 0.1) is 0 Å². The highest BCUT2D eigenvalue weighted by Gasteiger charge is 2.22. The number of carbonyl (C=O) groups excluding carboxylic acids is 1. The Balaban J connectivity index is 1.88. The average Bonchev–Trinajstić information content (AvgIpc) is 2.80. The van der Waals surface area contributed by atoms with Crippen molar-refractivity contribution in [2.24, 2.45) is 0 Å². The van der Waals surface area contributed by atoms with Crippen LogP contribution in [0.1, 0.15) is 52.7 Å². The first kappa shape index (κ1) is 29.5. The SMILES string of the molecule is COCC(COc1ccc(C(C)(C)C)cc1)OC(=O)OC(COC)COc1ccc(C(C)(C)C)cc1. The van der Waals surface area contributed by atoms with Crippen LogP contribution in [-0.4, -0.2) is 59.0 Å². The highest BCUT2D eigenvalue weighted by molar-refractivity contribution is 5.60. The maximum Gasteiger partial charge on any atom is 0.509 e. The third-order valence-electron chi connectivity index (χ3n) is 5.54. The average molecular weight is 503 g/mol. The van der Waals surface area contributed by atoms with E-state index in [1.165, 1.54) is 25.3 Å². The molecule has 0 aliphatic rings. The second kappa shape index (κ2) is 13.5. The van der Waals surface area contributed by atoms with Crippen LogP contribution in [0.3, 0.4) is 0 Å². The number of carbonyl (C=O) groups is 1. The molecule has 2 rings (SSSR count). The summed E-state index contributed by atoms with van der Waals surface area (Å²) in [5.41, 5.74) is 2.53.